The van der Waals surface area contributed by atoms with Crippen molar-refractivity contribution >= 4 is 53.2 Å². The Hall–Kier alpha value is -3.40. The van der Waals surface area contributed by atoms with Crippen molar-refractivity contribution in [1.82, 2.24) is 26.2 Å². The second-order valence-corrected chi connectivity index (χ2v) is 12.3. The molecule has 1 fully saturated rings. The first-order chi connectivity index (χ1) is 20.6. The van der Waals surface area contributed by atoms with Gasteiger partial charge in [0.2, 0.25) is 29.5 Å². The van der Waals surface area contributed by atoms with Crippen molar-refractivity contribution in [2.24, 2.45) is 17.6 Å². The maximum absolute atomic E-state index is 13.4. The van der Waals surface area contributed by atoms with E-state index in [0.717, 1.165) is 0 Å². The van der Waals surface area contributed by atoms with Gasteiger partial charge in [-0.25, -0.2) is 4.79 Å². The fraction of sp³-hybridized carbons (Fsp3) is 0.750. The third-order valence-electron chi connectivity index (χ3n) is 7.53. The number of nitrogens with one attached hydrogen (secondary N) is 4. The lowest BCUT2D eigenvalue weighted by atomic mass is 9.97. The number of carbonyl (C=O) groups is 7. The van der Waals surface area contributed by atoms with Gasteiger partial charge < -0.3 is 42.1 Å². The van der Waals surface area contributed by atoms with Crippen molar-refractivity contribution in [3.05, 3.63) is 0 Å². The highest BCUT2D eigenvalue weighted by Gasteiger charge is 2.38. The fourth-order valence-electron chi connectivity index (χ4n) is 4.66. The van der Waals surface area contributed by atoms with E-state index >= 15 is 0 Å². The van der Waals surface area contributed by atoms with Gasteiger partial charge in [0.05, 0.1) is 12.6 Å². The second-order valence-electron chi connectivity index (χ2n) is 11.3. The molecule has 0 aromatic heterocycles. The third-order valence-corrected chi connectivity index (χ3v) is 8.18. The summed E-state index contributed by atoms with van der Waals surface area (Å²) in [6.45, 7) is 6.62. The van der Waals surface area contributed by atoms with Gasteiger partial charge in [0.1, 0.15) is 24.2 Å². The van der Waals surface area contributed by atoms with Crippen LogP contribution in [0.2, 0.25) is 0 Å². The molecule has 16 heteroatoms. The molecule has 0 spiro atoms. The van der Waals surface area contributed by atoms with Gasteiger partial charge >= 0.3 is 11.9 Å². The number of carboxylic acid groups (broad SMARTS) is 2. The largest absolute Gasteiger partial charge is 0.481 e. The summed E-state index contributed by atoms with van der Waals surface area (Å²) in [5, 5.41) is 28.4. The molecule has 0 radical (unpaired) electrons. The number of aliphatic carboxylic acids is 2. The molecule has 1 heterocycles. The number of thioether (sulfide) groups is 1. The number of nitrogens with zero attached hydrogens (tertiary/aromatic N) is 1. The number of hydrogen-bond acceptors (Lipinski definition) is 9. The van der Waals surface area contributed by atoms with Gasteiger partial charge in [0, 0.05) is 13.0 Å². The van der Waals surface area contributed by atoms with Gasteiger partial charge in [-0.3, -0.25) is 28.8 Å². The Morgan fingerprint density at radius 1 is 0.955 bits per heavy atom. The number of hydrogen-bond donors (Lipinski definition) is 7. The van der Waals surface area contributed by atoms with E-state index in [2.05, 4.69) is 21.3 Å². The van der Waals surface area contributed by atoms with Crippen LogP contribution in [-0.2, 0) is 33.6 Å². The van der Waals surface area contributed by atoms with E-state index in [9.17, 15) is 38.7 Å². The SMILES string of the molecule is CC[C@H](C)[C@H](NC(=O)[C@H](CCSC)NC(=O)[C@@H]1CCCN1C(=O)[C@@H](N)CCC(=O)O)C(=O)NCC(=O)N[C@H](C(=O)O)C(C)C. The van der Waals surface area contributed by atoms with Gasteiger partial charge in [0.25, 0.3) is 0 Å². The zero-order chi connectivity index (χ0) is 33.6. The summed E-state index contributed by atoms with van der Waals surface area (Å²) in [6.07, 6.45) is 3.09. The molecule has 0 aromatic rings. The van der Waals surface area contributed by atoms with Crippen molar-refractivity contribution in [2.75, 3.05) is 25.1 Å². The summed E-state index contributed by atoms with van der Waals surface area (Å²) in [6, 6.07) is -5.16. The third kappa shape index (κ3) is 12.3. The van der Waals surface area contributed by atoms with Crippen molar-refractivity contribution in [1.29, 1.82) is 0 Å². The lowest BCUT2D eigenvalue weighted by molar-refractivity contribution is -0.143. The van der Waals surface area contributed by atoms with Crippen LogP contribution in [0.3, 0.4) is 0 Å². The Morgan fingerprint density at radius 3 is 2.16 bits per heavy atom. The van der Waals surface area contributed by atoms with Crippen molar-refractivity contribution in [3.8, 4) is 0 Å². The molecular formula is C28H48N6O9S. The van der Waals surface area contributed by atoms with Crippen LogP contribution in [0.25, 0.3) is 0 Å². The smallest absolute Gasteiger partial charge is 0.326 e. The van der Waals surface area contributed by atoms with Gasteiger partial charge in [0.15, 0.2) is 0 Å². The van der Waals surface area contributed by atoms with Crippen LogP contribution in [0.4, 0.5) is 0 Å². The molecule has 250 valence electrons. The van der Waals surface area contributed by atoms with Crippen molar-refractivity contribution in [2.45, 2.75) is 96.4 Å². The summed E-state index contributed by atoms with van der Waals surface area (Å²) in [7, 11) is 0. The van der Waals surface area contributed by atoms with Gasteiger partial charge in [-0.1, -0.05) is 34.1 Å². The van der Waals surface area contributed by atoms with Crippen LogP contribution in [0.5, 0.6) is 0 Å². The second kappa shape index (κ2) is 19.1. The highest BCUT2D eigenvalue weighted by atomic mass is 32.2. The van der Waals surface area contributed by atoms with Crippen LogP contribution < -0.4 is 27.0 Å². The predicted molar refractivity (Wildman–Crippen MR) is 163 cm³/mol. The molecule has 1 saturated heterocycles. The number of carbonyl (C=O) groups excluding carboxylic acids is 5. The summed E-state index contributed by atoms with van der Waals surface area (Å²) < 4.78 is 0. The molecular weight excluding hydrogens is 596 g/mol. The highest BCUT2D eigenvalue weighted by Crippen LogP contribution is 2.20. The first kappa shape index (κ1) is 38.6. The molecule has 1 rings (SSSR count). The first-order valence-electron chi connectivity index (χ1n) is 14.8. The molecule has 0 unspecified atom stereocenters. The zero-order valence-electron chi connectivity index (χ0n) is 26.1. The highest BCUT2D eigenvalue weighted by molar-refractivity contribution is 7.98. The van der Waals surface area contributed by atoms with Gasteiger partial charge in [-0.15, -0.1) is 0 Å². The summed E-state index contributed by atoms with van der Waals surface area (Å²) in [4.78, 5) is 88.6. The number of likely N-dealkylation sites (tertiary alicyclic amines) is 1. The number of carboxylic acids is 2. The Balaban J connectivity index is 2.96. The molecule has 8 N–H and O–H groups in total. The number of rotatable bonds is 19. The number of amides is 5. The quantitative estimate of drug-likeness (QED) is 0.0926. The van der Waals surface area contributed by atoms with E-state index in [1.165, 1.54) is 16.7 Å². The Kier molecular flexibility index (Phi) is 16.8. The Morgan fingerprint density at radius 2 is 1.61 bits per heavy atom. The molecule has 6 atom stereocenters. The van der Waals surface area contributed by atoms with Crippen LogP contribution in [0.1, 0.15) is 66.2 Å². The molecule has 0 aliphatic carbocycles. The Labute approximate surface area is 262 Å². The summed E-state index contributed by atoms with van der Waals surface area (Å²) in [5.74, 6) is -5.55. The average Bonchev–Trinajstić information content (AvgIpc) is 3.47. The first-order valence-corrected chi connectivity index (χ1v) is 16.2. The fourth-order valence-corrected chi connectivity index (χ4v) is 5.13. The van der Waals surface area contributed by atoms with Gasteiger partial charge in [-0.05, 0) is 49.5 Å². The standard InChI is InChI=1S/C28H48N6O9S/c1-6-16(4)23(26(40)30-14-20(35)32-22(15(2)3)28(42)43)33-24(38)18(11-13-44-5)31-25(39)19-8-7-12-34(19)27(41)17(29)9-10-21(36)37/h15-19,22-23H,6-14,29H2,1-5H3,(H,30,40)(H,31,39)(H,32,35)(H,33,38)(H,36,37)(H,42,43)/t16-,17-,18-,19-,22-,23-/m0/s1. The molecule has 1 aliphatic heterocycles. The van der Waals surface area contributed by atoms with Crippen LogP contribution in [0, 0.1) is 11.8 Å². The molecule has 5 amide bonds. The van der Waals surface area contributed by atoms with Gasteiger partial charge in [-0.2, -0.15) is 11.8 Å². The molecule has 44 heavy (non-hydrogen) atoms. The van der Waals surface area contributed by atoms with Crippen LogP contribution >= 0.6 is 11.8 Å². The van der Waals surface area contributed by atoms with Crippen molar-refractivity contribution < 1.29 is 43.8 Å². The summed E-state index contributed by atoms with van der Waals surface area (Å²) >= 11 is 1.45. The normalized spacial score (nSPS) is 18.0. The zero-order valence-corrected chi connectivity index (χ0v) is 26.9. The van der Waals surface area contributed by atoms with E-state index in [1.54, 1.807) is 20.8 Å². The predicted octanol–water partition coefficient (Wildman–Crippen LogP) is -0.720. The lowest BCUT2D eigenvalue weighted by Gasteiger charge is -2.29. The van der Waals surface area contributed by atoms with E-state index in [0.29, 0.717) is 25.0 Å². The molecule has 0 saturated carbocycles. The lowest BCUT2D eigenvalue weighted by Crippen LogP contribution is -2.59. The molecule has 0 bridgehead atoms. The minimum absolute atomic E-state index is 0.0731. The van der Waals surface area contributed by atoms with E-state index < -0.39 is 78.2 Å². The monoisotopic (exact) mass is 644 g/mol. The molecule has 0 aromatic carbocycles. The number of nitrogens with two attached hydrogens (primary N) is 1. The van der Waals surface area contributed by atoms with Crippen LogP contribution in [-0.4, -0.2) is 112 Å². The maximum Gasteiger partial charge on any atom is 0.326 e. The Bertz CT molecular complexity index is 1040. The van der Waals surface area contributed by atoms with E-state index in [4.69, 9.17) is 10.8 Å². The minimum Gasteiger partial charge on any atom is -0.481 e. The van der Waals surface area contributed by atoms with E-state index in [-0.39, 0.29) is 37.6 Å². The maximum atomic E-state index is 13.4. The topological polar surface area (TPSA) is 237 Å². The molecule has 1 aliphatic rings. The average molecular weight is 645 g/mol. The van der Waals surface area contributed by atoms with Crippen LogP contribution in [0.15, 0.2) is 0 Å². The van der Waals surface area contributed by atoms with E-state index in [1.807, 2.05) is 13.2 Å². The van der Waals surface area contributed by atoms with Crippen molar-refractivity contribution in [3.63, 3.8) is 0 Å². The summed E-state index contributed by atoms with van der Waals surface area (Å²) in [5.41, 5.74) is 5.90. The minimum atomic E-state index is -1.20. The molecule has 15 nitrogen and oxygen atoms in total.